The van der Waals surface area contributed by atoms with Crippen LogP contribution in [0.4, 0.5) is 5.69 Å². The molecule has 2 aromatic carbocycles. The van der Waals surface area contributed by atoms with Gasteiger partial charge in [-0.05, 0) is 42.8 Å². The Morgan fingerprint density at radius 1 is 1.14 bits per heavy atom. The maximum Gasteiger partial charge on any atom is 0.335 e. The van der Waals surface area contributed by atoms with E-state index in [9.17, 15) is 14.7 Å². The van der Waals surface area contributed by atoms with Gasteiger partial charge in [-0.2, -0.15) is 0 Å². The predicted octanol–water partition coefficient (Wildman–Crippen LogP) is 3.30. The number of aryl methyl sites for hydroxylation is 1. The van der Waals surface area contributed by atoms with Crippen molar-refractivity contribution >= 4 is 29.2 Å². The second-order valence-electron chi connectivity index (χ2n) is 4.45. The molecule has 21 heavy (non-hydrogen) atoms. The summed E-state index contributed by atoms with van der Waals surface area (Å²) >= 11 is 5.86. The molecule has 0 saturated carbocycles. The number of phenolic OH excluding ortho intramolecular Hbond substituents is 1. The van der Waals surface area contributed by atoms with Crippen LogP contribution in [0.1, 0.15) is 26.3 Å². The van der Waals surface area contributed by atoms with Crippen molar-refractivity contribution in [3.63, 3.8) is 0 Å². The van der Waals surface area contributed by atoms with Crippen LogP contribution >= 0.6 is 11.6 Å². The summed E-state index contributed by atoms with van der Waals surface area (Å²) in [4.78, 5) is 22.9. The molecular formula is C15H12ClNO4. The monoisotopic (exact) mass is 305 g/mol. The molecule has 2 aromatic rings. The van der Waals surface area contributed by atoms with E-state index in [-0.39, 0.29) is 17.0 Å². The minimum absolute atomic E-state index is 0.0653. The van der Waals surface area contributed by atoms with Crippen molar-refractivity contribution in [1.29, 1.82) is 0 Å². The molecule has 0 bridgehead atoms. The Balaban J connectivity index is 2.27. The SMILES string of the molecule is Cc1ccc(Cl)cc1C(=O)Nc1ccc(C(=O)O)cc1O. The summed E-state index contributed by atoms with van der Waals surface area (Å²) in [5.41, 5.74) is 1.18. The maximum absolute atomic E-state index is 12.2. The standard InChI is InChI=1S/C15H12ClNO4/c1-8-2-4-10(16)7-11(8)14(19)17-12-5-3-9(15(20)21)6-13(12)18/h2-7,18H,1H3,(H,17,19)(H,20,21). The van der Waals surface area contributed by atoms with Gasteiger partial charge in [-0.25, -0.2) is 4.79 Å². The van der Waals surface area contributed by atoms with E-state index in [1.807, 2.05) is 0 Å². The summed E-state index contributed by atoms with van der Waals surface area (Å²) in [6, 6.07) is 8.61. The Morgan fingerprint density at radius 2 is 1.86 bits per heavy atom. The van der Waals surface area contributed by atoms with Crippen LogP contribution < -0.4 is 5.32 Å². The number of benzene rings is 2. The van der Waals surface area contributed by atoms with Gasteiger partial charge in [0.1, 0.15) is 5.75 Å². The molecule has 0 aromatic heterocycles. The molecule has 0 saturated heterocycles. The van der Waals surface area contributed by atoms with Crippen LogP contribution in [0, 0.1) is 6.92 Å². The number of hydrogen-bond acceptors (Lipinski definition) is 3. The normalized spacial score (nSPS) is 10.2. The van der Waals surface area contributed by atoms with E-state index in [1.165, 1.54) is 18.2 Å². The number of anilines is 1. The minimum Gasteiger partial charge on any atom is -0.506 e. The molecule has 0 radical (unpaired) electrons. The lowest BCUT2D eigenvalue weighted by Crippen LogP contribution is -2.13. The van der Waals surface area contributed by atoms with Gasteiger partial charge in [-0.3, -0.25) is 4.79 Å². The lowest BCUT2D eigenvalue weighted by molar-refractivity contribution is 0.0696. The van der Waals surface area contributed by atoms with Crippen LogP contribution in [0.5, 0.6) is 5.75 Å². The molecule has 1 amide bonds. The van der Waals surface area contributed by atoms with Gasteiger partial charge in [0.05, 0.1) is 11.3 Å². The minimum atomic E-state index is -1.16. The topological polar surface area (TPSA) is 86.6 Å². The fourth-order valence-corrected chi connectivity index (χ4v) is 1.97. The molecule has 3 N–H and O–H groups in total. The number of carboxylic acid groups (broad SMARTS) is 1. The second-order valence-corrected chi connectivity index (χ2v) is 4.89. The van der Waals surface area contributed by atoms with E-state index in [4.69, 9.17) is 16.7 Å². The van der Waals surface area contributed by atoms with Crippen LogP contribution in [0.15, 0.2) is 36.4 Å². The van der Waals surface area contributed by atoms with Gasteiger partial charge in [0.25, 0.3) is 5.91 Å². The molecular weight excluding hydrogens is 294 g/mol. The first-order valence-electron chi connectivity index (χ1n) is 6.02. The third-order valence-corrected chi connectivity index (χ3v) is 3.17. The molecule has 0 aliphatic heterocycles. The van der Waals surface area contributed by atoms with Crippen LogP contribution in [-0.2, 0) is 0 Å². The molecule has 0 aliphatic carbocycles. The molecule has 0 heterocycles. The zero-order valence-electron chi connectivity index (χ0n) is 11.1. The highest BCUT2D eigenvalue weighted by Gasteiger charge is 2.13. The predicted molar refractivity (Wildman–Crippen MR) is 79.2 cm³/mol. The molecule has 0 unspecified atom stereocenters. The van der Waals surface area contributed by atoms with Crippen LogP contribution in [0.3, 0.4) is 0 Å². The van der Waals surface area contributed by atoms with Gasteiger partial charge in [0, 0.05) is 10.6 Å². The summed E-state index contributed by atoms with van der Waals surface area (Å²) in [5, 5.41) is 21.5. The van der Waals surface area contributed by atoms with Gasteiger partial charge in [0.15, 0.2) is 0 Å². The van der Waals surface area contributed by atoms with Crippen molar-refractivity contribution in [2.45, 2.75) is 6.92 Å². The van der Waals surface area contributed by atoms with E-state index in [0.29, 0.717) is 10.6 Å². The Morgan fingerprint density at radius 3 is 2.48 bits per heavy atom. The van der Waals surface area contributed by atoms with Gasteiger partial charge >= 0.3 is 5.97 Å². The molecule has 6 heteroatoms. The van der Waals surface area contributed by atoms with E-state index >= 15 is 0 Å². The quantitative estimate of drug-likeness (QED) is 0.759. The summed E-state index contributed by atoms with van der Waals surface area (Å²) in [5.74, 6) is -1.91. The van der Waals surface area contributed by atoms with Crippen LogP contribution in [0.25, 0.3) is 0 Å². The average molecular weight is 306 g/mol. The molecule has 5 nitrogen and oxygen atoms in total. The number of aromatic carboxylic acids is 1. The number of amides is 1. The molecule has 0 atom stereocenters. The van der Waals surface area contributed by atoms with Crippen molar-refractivity contribution in [3.8, 4) is 5.75 Å². The molecule has 0 aliphatic rings. The Kier molecular flexibility index (Phi) is 4.14. The third-order valence-electron chi connectivity index (χ3n) is 2.94. The van der Waals surface area contributed by atoms with E-state index in [1.54, 1.807) is 19.1 Å². The summed E-state index contributed by atoms with van der Waals surface area (Å²) in [7, 11) is 0. The summed E-state index contributed by atoms with van der Waals surface area (Å²) < 4.78 is 0. The number of nitrogens with one attached hydrogen (secondary N) is 1. The van der Waals surface area contributed by atoms with Gasteiger partial charge in [0.2, 0.25) is 0 Å². The fraction of sp³-hybridized carbons (Fsp3) is 0.0667. The highest BCUT2D eigenvalue weighted by atomic mass is 35.5. The highest BCUT2D eigenvalue weighted by molar-refractivity contribution is 6.31. The second kappa shape index (κ2) is 5.85. The van der Waals surface area contributed by atoms with Crippen molar-refractivity contribution in [3.05, 3.63) is 58.1 Å². The lowest BCUT2D eigenvalue weighted by atomic mass is 10.1. The Labute approximate surface area is 125 Å². The Hall–Kier alpha value is -2.53. The summed E-state index contributed by atoms with van der Waals surface area (Å²) in [6.07, 6.45) is 0. The van der Waals surface area contributed by atoms with E-state index < -0.39 is 11.9 Å². The van der Waals surface area contributed by atoms with Crippen molar-refractivity contribution in [1.82, 2.24) is 0 Å². The fourth-order valence-electron chi connectivity index (χ4n) is 1.80. The van der Waals surface area contributed by atoms with Gasteiger partial charge < -0.3 is 15.5 Å². The first-order chi connectivity index (χ1) is 9.88. The number of carbonyl (C=O) groups is 2. The number of aromatic hydroxyl groups is 1. The molecule has 0 fully saturated rings. The van der Waals surface area contributed by atoms with Crippen LogP contribution in [0.2, 0.25) is 5.02 Å². The zero-order chi connectivity index (χ0) is 15.6. The zero-order valence-corrected chi connectivity index (χ0v) is 11.8. The molecule has 0 spiro atoms. The smallest absolute Gasteiger partial charge is 0.335 e. The average Bonchev–Trinajstić information content (AvgIpc) is 2.43. The Bertz CT molecular complexity index is 728. The first-order valence-corrected chi connectivity index (χ1v) is 6.40. The molecule has 108 valence electrons. The van der Waals surface area contributed by atoms with Crippen molar-refractivity contribution in [2.75, 3.05) is 5.32 Å². The number of halogens is 1. The number of hydrogen-bond donors (Lipinski definition) is 3. The third kappa shape index (κ3) is 3.32. The first kappa shape index (κ1) is 14.9. The van der Waals surface area contributed by atoms with Crippen molar-refractivity contribution in [2.24, 2.45) is 0 Å². The molecule has 2 rings (SSSR count). The maximum atomic E-state index is 12.2. The van der Waals surface area contributed by atoms with E-state index in [0.717, 1.165) is 11.6 Å². The lowest BCUT2D eigenvalue weighted by Gasteiger charge is -2.10. The van der Waals surface area contributed by atoms with Gasteiger partial charge in [-0.1, -0.05) is 17.7 Å². The number of carboxylic acids is 1. The largest absolute Gasteiger partial charge is 0.506 e. The highest BCUT2D eigenvalue weighted by Crippen LogP contribution is 2.25. The van der Waals surface area contributed by atoms with Gasteiger partial charge in [-0.15, -0.1) is 0 Å². The van der Waals surface area contributed by atoms with Crippen LogP contribution in [-0.4, -0.2) is 22.1 Å². The van der Waals surface area contributed by atoms with Crippen molar-refractivity contribution < 1.29 is 19.8 Å². The van der Waals surface area contributed by atoms with E-state index in [2.05, 4.69) is 5.32 Å². The number of carbonyl (C=O) groups excluding carboxylic acids is 1. The summed E-state index contributed by atoms with van der Waals surface area (Å²) in [6.45, 7) is 1.76. The number of phenols is 1. The number of rotatable bonds is 3.